The normalized spacial score (nSPS) is 14.3. The van der Waals surface area contributed by atoms with Gasteiger partial charge in [-0.25, -0.2) is 9.78 Å². The first-order valence-electron chi connectivity index (χ1n) is 4.51. The summed E-state index contributed by atoms with van der Waals surface area (Å²) in [5.41, 5.74) is -0.102. The van der Waals surface area contributed by atoms with Crippen molar-refractivity contribution in [2.75, 3.05) is 0 Å². The summed E-state index contributed by atoms with van der Waals surface area (Å²) in [5, 5.41) is 17.4. The SMILES string of the molecule is N#Cc1cc(OC2CC2)cc(C(=O)O)n1. The van der Waals surface area contributed by atoms with Gasteiger partial charge in [-0.3, -0.25) is 0 Å². The van der Waals surface area contributed by atoms with Crippen molar-refractivity contribution in [2.24, 2.45) is 0 Å². The highest BCUT2D eigenvalue weighted by Crippen LogP contribution is 2.27. The lowest BCUT2D eigenvalue weighted by molar-refractivity contribution is 0.0689. The van der Waals surface area contributed by atoms with Crippen LogP contribution >= 0.6 is 0 Å². The Morgan fingerprint density at radius 1 is 1.60 bits per heavy atom. The molecule has 0 aliphatic heterocycles. The Balaban J connectivity index is 2.32. The van der Waals surface area contributed by atoms with Gasteiger partial charge in [0.1, 0.15) is 17.5 Å². The topological polar surface area (TPSA) is 83.2 Å². The maximum atomic E-state index is 10.7. The molecule has 1 fully saturated rings. The molecule has 0 saturated heterocycles. The van der Waals surface area contributed by atoms with Crippen molar-refractivity contribution < 1.29 is 14.6 Å². The van der Waals surface area contributed by atoms with E-state index in [4.69, 9.17) is 15.1 Å². The summed E-state index contributed by atoms with van der Waals surface area (Å²) < 4.78 is 5.40. The van der Waals surface area contributed by atoms with E-state index >= 15 is 0 Å². The molecule has 5 nitrogen and oxygen atoms in total. The summed E-state index contributed by atoms with van der Waals surface area (Å²) in [5.74, 6) is -0.755. The Labute approximate surface area is 85.9 Å². The van der Waals surface area contributed by atoms with Crippen LogP contribution in [0.5, 0.6) is 5.75 Å². The average molecular weight is 204 g/mol. The number of carboxylic acid groups (broad SMARTS) is 1. The summed E-state index contributed by atoms with van der Waals surface area (Å²) in [4.78, 5) is 14.3. The van der Waals surface area contributed by atoms with Crippen LogP contribution in [0.4, 0.5) is 0 Å². The van der Waals surface area contributed by atoms with Gasteiger partial charge < -0.3 is 9.84 Å². The molecule has 1 saturated carbocycles. The van der Waals surface area contributed by atoms with E-state index in [0.717, 1.165) is 12.8 Å². The molecule has 0 radical (unpaired) electrons. The van der Waals surface area contributed by atoms with Crippen LogP contribution in [0.1, 0.15) is 29.0 Å². The van der Waals surface area contributed by atoms with Crippen LogP contribution in [-0.2, 0) is 0 Å². The third-order valence-corrected chi connectivity index (χ3v) is 1.96. The third-order valence-electron chi connectivity index (χ3n) is 1.96. The molecule has 15 heavy (non-hydrogen) atoms. The monoisotopic (exact) mass is 204 g/mol. The van der Waals surface area contributed by atoms with Gasteiger partial charge in [-0.1, -0.05) is 0 Å². The Hall–Kier alpha value is -2.09. The molecule has 1 N–H and O–H groups in total. The number of hydrogen-bond donors (Lipinski definition) is 1. The second-order valence-corrected chi connectivity index (χ2v) is 3.31. The largest absolute Gasteiger partial charge is 0.490 e. The van der Waals surface area contributed by atoms with Crippen LogP contribution in [0.2, 0.25) is 0 Å². The highest BCUT2D eigenvalue weighted by molar-refractivity contribution is 5.85. The molecule has 2 rings (SSSR count). The Morgan fingerprint density at radius 2 is 2.33 bits per heavy atom. The molecule has 0 spiro atoms. The van der Waals surface area contributed by atoms with Gasteiger partial charge in [-0.05, 0) is 12.8 Å². The highest BCUT2D eigenvalue weighted by atomic mass is 16.5. The number of aromatic nitrogens is 1. The smallest absolute Gasteiger partial charge is 0.354 e. The molecule has 1 aliphatic rings. The summed E-state index contributed by atoms with van der Waals surface area (Å²) in [7, 11) is 0. The van der Waals surface area contributed by atoms with Crippen molar-refractivity contribution in [1.82, 2.24) is 4.98 Å². The van der Waals surface area contributed by atoms with E-state index in [2.05, 4.69) is 4.98 Å². The fraction of sp³-hybridized carbons (Fsp3) is 0.300. The van der Waals surface area contributed by atoms with Crippen LogP contribution < -0.4 is 4.74 Å². The molecule has 5 heteroatoms. The second-order valence-electron chi connectivity index (χ2n) is 3.31. The van der Waals surface area contributed by atoms with Crippen molar-refractivity contribution in [3.8, 4) is 11.8 Å². The minimum atomic E-state index is -1.16. The first kappa shape index (κ1) is 9.46. The van der Waals surface area contributed by atoms with Crippen molar-refractivity contribution >= 4 is 5.97 Å². The molecule has 0 aromatic carbocycles. The number of hydrogen-bond acceptors (Lipinski definition) is 4. The van der Waals surface area contributed by atoms with Crippen molar-refractivity contribution in [3.05, 3.63) is 23.5 Å². The van der Waals surface area contributed by atoms with Gasteiger partial charge in [0.2, 0.25) is 0 Å². The maximum absolute atomic E-state index is 10.7. The molecular weight excluding hydrogens is 196 g/mol. The van der Waals surface area contributed by atoms with Gasteiger partial charge >= 0.3 is 5.97 Å². The van der Waals surface area contributed by atoms with E-state index in [-0.39, 0.29) is 17.5 Å². The standard InChI is InChI=1S/C10H8N2O3/c11-5-6-3-8(15-7-1-2-7)4-9(12-6)10(13)14/h3-4,7H,1-2H2,(H,13,14). The minimum Gasteiger partial charge on any atom is -0.490 e. The molecule has 0 atom stereocenters. The average Bonchev–Trinajstić information content (AvgIpc) is 3.01. The summed E-state index contributed by atoms with van der Waals surface area (Å²) in [6, 6.07) is 4.59. The van der Waals surface area contributed by atoms with Crippen LogP contribution in [0.15, 0.2) is 12.1 Å². The summed E-state index contributed by atoms with van der Waals surface area (Å²) in [6.45, 7) is 0. The van der Waals surface area contributed by atoms with E-state index in [1.54, 1.807) is 6.07 Å². The number of aromatic carboxylic acids is 1. The van der Waals surface area contributed by atoms with Gasteiger partial charge in [-0.15, -0.1) is 0 Å². The van der Waals surface area contributed by atoms with Gasteiger partial charge in [0.15, 0.2) is 5.69 Å². The van der Waals surface area contributed by atoms with E-state index in [0.29, 0.717) is 5.75 Å². The maximum Gasteiger partial charge on any atom is 0.354 e. The molecule has 1 aromatic heterocycles. The molecule has 0 bridgehead atoms. The quantitative estimate of drug-likeness (QED) is 0.799. The molecule has 1 aromatic rings. The van der Waals surface area contributed by atoms with Crippen LogP contribution in [0.25, 0.3) is 0 Å². The minimum absolute atomic E-state index is 0.0607. The first-order valence-corrected chi connectivity index (χ1v) is 4.51. The summed E-state index contributed by atoms with van der Waals surface area (Å²) in [6.07, 6.45) is 2.12. The van der Waals surface area contributed by atoms with Gasteiger partial charge in [0.25, 0.3) is 0 Å². The number of nitriles is 1. The Kier molecular flexibility index (Phi) is 2.26. The summed E-state index contributed by atoms with van der Waals surface area (Å²) >= 11 is 0. The van der Waals surface area contributed by atoms with E-state index in [1.165, 1.54) is 12.1 Å². The number of carbonyl (C=O) groups is 1. The van der Waals surface area contributed by atoms with E-state index in [9.17, 15) is 4.79 Å². The van der Waals surface area contributed by atoms with Crippen molar-refractivity contribution in [3.63, 3.8) is 0 Å². The van der Waals surface area contributed by atoms with Crippen molar-refractivity contribution in [1.29, 1.82) is 5.26 Å². The van der Waals surface area contributed by atoms with Gasteiger partial charge in [-0.2, -0.15) is 5.26 Å². The Morgan fingerprint density at radius 3 is 2.87 bits per heavy atom. The van der Waals surface area contributed by atoms with Gasteiger partial charge in [0, 0.05) is 12.1 Å². The molecular formula is C10H8N2O3. The van der Waals surface area contributed by atoms with E-state index < -0.39 is 5.97 Å². The molecule has 1 heterocycles. The third kappa shape index (κ3) is 2.23. The number of nitrogens with zero attached hydrogens (tertiary/aromatic N) is 2. The predicted octanol–water partition coefficient (Wildman–Crippen LogP) is 1.19. The lowest BCUT2D eigenvalue weighted by Crippen LogP contribution is -2.04. The fourth-order valence-electron chi connectivity index (χ4n) is 1.12. The molecule has 0 amide bonds. The number of carboxylic acids is 1. The first-order chi connectivity index (χ1) is 7.19. The lowest BCUT2D eigenvalue weighted by atomic mass is 10.3. The second kappa shape index (κ2) is 3.58. The van der Waals surface area contributed by atoms with Crippen molar-refractivity contribution in [2.45, 2.75) is 18.9 Å². The number of pyridine rings is 1. The number of rotatable bonds is 3. The highest BCUT2D eigenvalue weighted by Gasteiger charge is 2.24. The molecule has 76 valence electrons. The van der Waals surface area contributed by atoms with E-state index in [1.807, 2.05) is 0 Å². The molecule has 1 aliphatic carbocycles. The lowest BCUT2D eigenvalue weighted by Gasteiger charge is -2.04. The van der Waals surface area contributed by atoms with Crippen LogP contribution in [-0.4, -0.2) is 22.2 Å². The van der Waals surface area contributed by atoms with Gasteiger partial charge in [0.05, 0.1) is 6.10 Å². The zero-order chi connectivity index (χ0) is 10.8. The van der Waals surface area contributed by atoms with Crippen LogP contribution in [0.3, 0.4) is 0 Å². The number of ether oxygens (including phenoxy) is 1. The predicted molar refractivity (Wildman–Crippen MR) is 49.6 cm³/mol. The zero-order valence-corrected chi connectivity index (χ0v) is 7.80. The Bertz CT molecular complexity index is 446. The zero-order valence-electron chi connectivity index (χ0n) is 7.80. The van der Waals surface area contributed by atoms with Crippen LogP contribution in [0, 0.1) is 11.3 Å². The molecule has 0 unspecified atom stereocenters. The fourth-order valence-corrected chi connectivity index (χ4v) is 1.12.